The van der Waals surface area contributed by atoms with Crippen molar-refractivity contribution in [2.75, 3.05) is 18.8 Å². The van der Waals surface area contributed by atoms with Gasteiger partial charge in [0, 0.05) is 13.1 Å². The van der Waals surface area contributed by atoms with Crippen LogP contribution in [0.4, 0.5) is 5.82 Å². The zero-order valence-corrected chi connectivity index (χ0v) is 21.2. The Kier molecular flexibility index (Phi) is 6.32. The molecule has 10 heteroatoms. The molecular formula is C29H27N7O3. The maximum absolute atomic E-state index is 13.9. The molecular weight excluding hydrogens is 494 g/mol. The van der Waals surface area contributed by atoms with Crippen LogP contribution in [0.25, 0.3) is 16.9 Å². The Hall–Kier alpha value is -4.91. The van der Waals surface area contributed by atoms with Gasteiger partial charge in [-0.3, -0.25) is 13.9 Å². The standard InChI is InChI=1S/C29H27N7O3/c30-16-20(15-19-8-9-19)28(37)34-14-4-5-22(17-34)36-27-25(26(31)32-18-33-27)35(29(36)38)21-10-12-24(13-11-21)39-23-6-2-1-3-7-23/h1-3,6-7,10-13,15,18-19,22H,4-5,8-9,14,17H2,(H2,31,32,33)/t22-/m1/s1. The summed E-state index contributed by atoms with van der Waals surface area (Å²) < 4.78 is 9.01. The molecule has 196 valence electrons. The van der Waals surface area contributed by atoms with Crippen LogP contribution in [0.1, 0.15) is 31.7 Å². The number of ether oxygens (including phenoxy) is 1. The van der Waals surface area contributed by atoms with Gasteiger partial charge in [-0.05, 0) is 68.0 Å². The zero-order chi connectivity index (χ0) is 26.9. The molecule has 1 atom stereocenters. The molecule has 1 saturated heterocycles. The van der Waals surface area contributed by atoms with E-state index in [1.165, 1.54) is 10.9 Å². The highest BCUT2D eigenvalue weighted by atomic mass is 16.5. The van der Waals surface area contributed by atoms with Gasteiger partial charge in [-0.15, -0.1) is 0 Å². The summed E-state index contributed by atoms with van der Waals surface area (Å²) in [5.74, 6) is 1.55. The van der Waals surface area contributed by atoms with Crippen molar-refractivity contribution in [2.45, 2.75) is 31.7 Å². The van der Waals surface area contributed by atoms with E-state index >= 15 is 0 Å². The predicted molar refractivity (Wildman–Crippen MR) is 145 cm³/mol. The molecule has 39 heavy (non-hydrogen) atoms. The number of nitrogens with zero attached hydrogens (tertiary/aromatic N) is 6. The van der Waals surface area contributed by atoms with E-state index in [-0.39, 0.29) is 29.0 Å². The number of allylic oxidation sites excluding steroid dienone is 1. The summed E-state index contributed by atoms with van der Waals surface area (Å²) in [6.45, 7) is 0.835. The lowest BCUT2D eigenvalue weighted by molar-refractivity contribution is -0.128. The van der Waals surface area contributed by atoms with Crippen molar-refractivity contribution in [1.82, 2.24) is 24.0 Å². The van der Waals surface area contributed by atoms with Gasteiger partial charge in [0.2, 0.25) is 0 Å². The minimum absolute atomic E-state index is 0.178. The van der Waals surface area contributed by atoms with Gasteiger partial charge in [0.15, 0.2) is 11.5 Å². The number of aromatic nitrogens is 4. The smallest absolute Gasteiger partial charge is 0.335 e. The highest BCUT2D eigenvalue weighted by molar-refractivity contribution is 5.97. The molecule has 0 spiro atoms. The number of carbonyl (C=O) groups is 1. The maximum atomic E-state index is 13.9. The lowest BCUT2D eigenvalue weighted by atomic mass is 10.0. The Labute approximate surface area is 224 Å². The van der Waals surface area contributed by atoms with Crippen molar-refractivity contribution >= 4 is 22.9 Å². The minimum Gasteiger partial charge on any atom is -0.457 e. The molecule has 3 heterocycles. The first kappa shape index (κ1) is 24.4. The second kappa shape index (κ2) is 10.1. The van der Waals surface area contributed by atoms with E-state index in [4.69, 9.17) is 10.5 Å². The van der Waals surface area contributed by atoms with E-state index in [9.17, 15) is 14.9 Å². The van der Waals surface area contributed by atoms with Crippen molar-refractivity contribution in [1.29, 1.82) is 5.26 Å². The number of amides is 1. The SMILES string of the molecule is N#CC(=CC1CC1)C(=O)N1CCC[C@@H](n2c(=O)n(-c3ccc(Oc4ccccc4)cc3)c3c(N)ncnc32)C1. The van der Waals surface area contributed by atoms with Crippen LogP contribution in [0.3, 0.4) is 0 Å². The number of nitrogens with two attached hydrogens (primary N) is 1. The first-order chi connectivity index (χ1) is 19.0. The summed E-state index contributed by atoms with van der Waals surface area (Å²) in [5.41, 5.74) is 7.54. The predicted octanol–water partition coefficient (Wildman–Crippen LogP) is 3.98. The summed E-state index contributed by atoms with van der Waals surface area (Å²) in [6, 6.07) is 18.3. The van der Waals surface area contributed by atoms with Gasteiger partial charge in [0.1, 0.15) is 35.0 Å². The first-order valence-electron chi connectivity index (χ1n) is 13.0. The molecule has 1 saturated carbocycles. The lowest BCUT2D eigenvalue weighted by Gasteiger charge is -2.33. The molecule has 4 aromatic rings. The van der Waals surface area contributed by atoms with Crippen LogP contribution in [0, 0.1) is 17.2 Å². The van der Waals surface area contributed by atoms with Crippen molar-refractivity contribution in [2.24, 2.45) is 5.92 Å². The highest BCUT2D eigenvalue weighted by Crippen LogP contribution is 2.32. The van der Waals surface area contributed by atoms with Crippen LogP contribution in [-0.4, -0.2) is 43.0 Å². The van der Waals surface area contributed by atoms with Gasteiger partial charge in [-0.2, -0.15) is 5.26 Å². The maximum Gasteiger partial charge on any atom is 0.335 e. The van der Waals surface area contributed by atoms with E-state index in [2.05, 4.69) is 16.0 Å². The molecule has 2 fully saturated rings. The summed E-state index contributed by atoms with van der Waals surface area (Å²) in [6.07, 6.45) is 6.53. The number of fused-ring (bicyclic) bond motifs is 1. The van der Waals surface area contributed by atoms with Gasteiger partial charge >= 0.3 is 5.69 Å². The van der Waals surface area contributed by atoms with Gasteiger partial charge in [-0.1, -0.05) is 24.3 Å². The van der Waals surface area contributed by atoms with Gasteiger partial charge in [0.05, 0.1) is 11.7 Å². The van der Waals surface area contributed by atoms with Crippen molar-refractivity contribution < 1.29 is 9.53 Å². The Morgan fingerprint density at radius 2 is 1.79 bits per heavy atom. The molecule has 2 aliphatic rings. The molecule has 2 aromatic heterocycles. The monoisotopic (exact) mass is 521 g/mol. The number of piperidine rings is 1. The second-order valence-corrected chi connectivity index (χ2v) is 9.90. The van der Waals surface area contributed by atoms with Crippen LogP contribution in [0.5, 0.6) is 11.5 Å². The van der Waals surface area contributed by atoms with Crippen LogP contribution in [-0.2, 0) is 4.79 Å². The fourth-order valence-electron chi connectivity index (χ4n) is 5.10. The minimum atomic E-state index is -0.324. The number of benzene rings is 2. The third kappa shape index (κ3) is 4.75. The Morgan fingerprint density at radius 1 is 1.05 bits per heavy atom. The number of nitriles is 1. The van der Waals surface area contributed by atoms with Crippen molar-refractivity contribution in [3.63, 3.8) is 0 Å². The number of carbonyl (C=O) groups excluding carboxylic acids is 1. The van der Waals surface area contributed by atoms with E-state index < -0.39 is 0 Å². The molecule has 2 N–H and O–H groups in total. The van der Waals surface area contributed by atoms with Crippen LogP contribution < -0.4 is 16.2 Å². The summed E-state index contributed by atoms with van der Waals surface area (Å²) in [5, 5.41) is 9.57. The Balaban J connectivity index is 1.34. The Bertz CT molecular complexity index is 1660. The largest absolute Gasteiger partial charge is 0.457 e. The molecule has 10 nitrogen and oxygen atoms in total. The molecule has 0 radical (unpaired) electrons. The van der Waals surface area contributed by atoms with Crippen LogP contribution >= 0.6 is 0 Å². The number of likely N-dealkylation sites (tertiary alicyclic amines) is 1. The number of hydrogen-bond acceptors (Lipinski definition) is 7. The fraction of sp³-hybridized carbons (Fsp3) is 0.276. The third-order valence-corrected chi connectivity index (χ3v) is 7.18. The quantitative estimate of drug-likeness (QED) is 0.300. The average molecular weight is 522 g/mol. The van der Waals surface area contributed by atoms with Crippen LogP contribution in [0.15, 0.2) is 77.4 Å². The first-order valence-corrected chi connectivity index (χ1v) is 13.0. The number of para-hydroxylation sites is 1. The number of rotatable bonds is 6. The summed E-state index contributed by atoms with van der Waals surface area (Å²) >= 11 is 0. The third-order valence-electron chi connectivity index (χ3n) is 7.18. The highest BCUT2D eigenvalue weighted by Gasteiger charge is 2.32. The average Bonchev–Trinajstić information content (AvgIpc) is 3.73. The molecule has 1 amide bonds. The van der Waals surface area contributed by atoms with E-state index in [0.717, 1.165) is 12.8 Å². The zero-order valence-electron chi connectivity index (χ0n) is 21.2. The van der Waals surface area contributed by atoms with Gasteiger partial charge in [0.25, 0.3) is 5.91 Å². The fourth-order valence-corrected chi connectivity index (χ4v) is 5.10. The molecule has 0 bridgehead atoms. The van der Waals surface area contributed by atoms with E-state index in [0.29, 0.717) is 60.2 Å². The lowest BCUT2D eigenvalue weighted by Crippen LogP contribution is -2.43. The molecule has 0 unspecified atom stereocenters. The second-order valence-electron chi connectivity index (χ2n) is 9.90. The molecule has 1 aliphatic heterocycles. The molecule has 6 rings (SSSR count). The number of anilines is 1. The number of nitrogen functional groups attached to an aromatic ring is 1. The van der Waals surface area contributed by atoms with E-state index in [1.807, 2.05) is 30.3 Å². The summed E-state index contributed by atoms with van der Waals surface area (Å²) in [4.78, 5) is 37.3. The van der Waals surface area contributed by atoms with Crippen molar-refractivity contribution in [3.05, 3.63) is 83.1 Å². The normalized spacial score (nSPS) is 17.7. The molecule has 2 aromatic carbocycles. The van der Waals surface area contributed by atoms with Crippen LogP contribution in [0.2, 0.25) is 0 Å². The summed E-state index contributed by atoms with van der Waals surface area (Å²) in [7, 11) is 0. The van der Waals surface area contributed by atoms with E-state index in [1.54, 1.807) is 39.8 Å². The van der Waals surface area contributed by atoms with Gasteiger partial charge in [-0.25, -0.2) is 14.8 Å². The number of hydrogen-bond donors (Lipinski definition) is 1. The number of imidazole rings is 1. The van der Waals surface area contributed by atoms with Gasteiger partial charge < -0.3 is 15.4 Å². The van der Waals surface area contributed by atoms with Crippen molar-refractivity contribution in [3.8, 4) is 23.3 Å². The topological polar surface area (TPSA) is 132 Å². The molecule has 1 aliphatic carbocycles. The Morgan fingerprint density at radius 3 is 2.51 bits per heavy atom.